The Labute approximate surface area is 142 Å². The fourth-order valence-corrected chi connectivity index (χ4v) is 2.24. The monoisotopic (exact) mass is 412 g/mol. The summed E-state index contributed by atoms with van der Waals surface area (Å²) < 4.78 is 5.36. The number of methoxy groups -OCH3 is 1. The molecular weight excluding hydrogens is 387 g/mol. The number of nitrogens with one attached hydrogen (secondary N) is 2. The van der Waals surface area contributed by atoms with Crippen LogP contribution in [0.25, 0.3) is 0 Å². The van der Waals surface area contributed by atoms with Crippen LogP contribution in [0.4, 0.5) is 0 Å². The molecule has 0 aromatic carbocycles. The fraction of sp³-hybridized carbons (Fsp3) is 0.692. The molecule has 0 aliphatic heterocycles. The van der Waals surface area contributed by atoms with Gasteiger partial charge < -0.3 is 15.4 Å². The van der Waals surface area contributed by atoms with Crippen LogP contribution in [-0.2, 0) is 11.3 Å². The van der Waals surface area contributed by atoms with Crippen molar-refractivity contribution in [2.24, 2.45) is 4.99 Å². The molecule has 0 saturated carbocycles. The number of hydrogen-bond acceptors (Lipinski definition) is 4. The van der Waals surface area contributed by atoms with E-state index in [4.69, 9.17) is 4.74 Å². The molecule has 0 amide bonds. The minimum atomic E-state index is -0.216. The first kappa shape index (κ1) is 19.6. The van der Waals surface area contributed by atoms with Gasteiger partial charge in [-0.2, -0.15) is 0 Å². The lowest BCUT2D eigenvalue weighted by atomic mass is 10.1. The zero-order chi connectivity index (χ0) is 14.5. The summed E-state index contributed by atoms with van der Waals surface area (Å²) in [6.45, 7) is 9.56. The van der Waals surface area contributed by atoms with Crippen LogP contribution < -0.4 is 10.6 Å². The predicted molar refractivity (Wildman–Crippen MR) is 96.3 cm³/mol. The van der Waals surface area contributed by atoms with Gasteiger partial charge in [-0.15, -0.1) is 35.3 Å². The Kier molecular flexibility index (Phi) is 8.60. The highest BCUT2D eigenvalue weighted by Crippen LogP contribution is 2.15. The van der Waals surface area contributed by atoms with E-state index in [2.05, 4.69) is 27.5 Å². The first-order chi connectivity index (χ1) is 8.88. The largest absolute Gasteiger partial charge is 0.377 e. The Morgan fingerprint density at radius 1 is 1.35 bits per heavy atom. The third-order valence-corrected chi connectivity index (χ3v) is 4.01. The van der Waals surface area contributed by atoms with Crippen molar-refractivity contribution >= 4 is 41.3 Å². The zero-order valence-corrected chi connectivity index (χ0v) is 16.2. The van der Waals surface area contributed by atoms with Crippen LogP contribution in [0.3, 0.4) is 0 Å². The van der Waals surface area contributed by atoms with Gasteiger partial charge in [0.2, 0.25) is 0 Å². The summed E-state index contributed by atoms with van der Waals surface area (Å²) in [5.41, 5.74) is 0.886. The molecule has 0 aliphatic carbocycles. The molecule has 1 aromatic rings. The summed E-state index contributed by atoms with van der Waals surface area (Å²) in [6.07, 6.45) is 0. The van der Waals surface area contributed by atoms with E-state index in [1.54, 1.807) is 25.5 Å². The van der Waals surface area contributed by atoms with E-state index in [1.165, 1.54) is 4.88 Å². The number of guanidine groups is 1. The van der Waals surface area contributed by atoms with E-state index in [9.17, 15) is 0 Å². The highest BCUT2D eigenvalue weighted by Gasteiger charge is 2.16. The maximum Gasteiger partial charge on any atom is 0.191 e. The van der Waals surface area contributed by atoms with E-state index in [0.717, 1.165) is 16.7 Å². The molecule has 1 rings (SSSR count). The maximum atomic E-state index is 5.36. The van der Waals surface area contributed by atoms with Gasteiger partial charge in [-0.05, 0) is 27.7 Å². The molecule has 1 heterocycles. The van der Waals surface area contributed by atoms with Crippen LogP contribution in [-0.4, -0.2) is 37.2 Å². The SMILES string of the molecule is CN=C(NCc1nc(C)c(C)s1)NCC(C)(C)OC.I. The average molecular weight is 412 g/mol. The zero-order valence-electron chi connectivity index (χ0n) is 13.0. The number of aromatic nitrogens is 1. The lowest BCUT2D eigenvalue weighted by Gasteiger charge is -2.24. The lowest BCUT2D eigenvalue weighted by Crippen LogP contribution is -2.45. The van der Waals surface area contributed by atoms with E-state index in [-0.39, 0.29) is 29.6 Å². The van der Waals surface area contributed by atoms with Crippen molar-refractivity contribution in [2.45, 2.75) is 39.8 Å². The van der Waals surface area contributed by atoms with Gasteiger partial charge in [0, 0.05) is 25.6 Å². The minimum Gasteiger partial charge on any atom is -0.377 e. The highest BCUT2D eigenvalue weighted by molar-refractivity contribution is 14.0. The quantitative estimate of drug-likeness (QED) is 0.443. The molecule has 0 fully saturated rings. The van der Waals surface area contributed by atoms with Crippen molar-refractivity contribution in [3.63, 3.8) is 0 Å². The molecule has 0 saturated heterocycles. The molecule has 0 spiro atoms. The molecule has 0 atom stereocenters. The fourth-order valence-electron chi connectivity index (χ4n) is 1.36. The maximum absolute atomic E-state index is 5.36. The van der Waals surface area contributed by atoms with E-state index >= 15 is 0 Å². The summed E-state index contributed by atoms with van der Waals surface area (Å²) in [6, 6.07) is 0. The van der Waals surface area contributed by atoms with Gasteiger partial charge in [0.15, 0.2) is 5.96 Å². The summed E-state index contributed by atoms with van der Waals surface area (Å²) >= 11 is 1.71. The van der Waals surface area contributed by atoms with E-state index in [0.29, 0.717) is 13.1 Å². The van der Waals surface area contributed by atoms with Crippen LogP contribution in [0, 0.1) is 13.8 Å². The second kappa shape index (κ2) is 8.78. The van der Waals surface area contributed by atoms with Crippen LogP contribution >= 0.6 is 35.3 Å². The first-order valence-corrected chi connectivity index (χ1v) is 7.12. The number of halogens is 1. The Hall–Kier alpha value is -0.410. The van der Waals surface area contributed by atoms with E-state index in [1.807, 2.05) is 20.8 Å². The predicted octanol–water partition coefficient (Wildman–Crippen LogP) is 2.47. The van der Waals surface area contributed by atoms with Gasteiger partial charge in [-0.3, -0.25) is 4.99 Å². The number of ether oxygens (including phenoxy) is 1. The summed E-state index contributed by atoms with van der Waals surface area (Å²) in [7, 11) is 3.46. The number of aliphatic imine (C=N–C) groups is 1. The van der Waals surface area contributed by atoms with Gasteiger partial charge in [0.05, 0.1) is 17.8 Å². The van der Waals surface area contributed by atoms with Gasteiger partial charge in [0.1, 0.15) is 5.01 Å². The number of nitrogens with zero attached hydrogens (tertiary/aromatic N) is 2. The topological polar surface area (TPSA) is 58.5 Å². The number of hydrogen-bond donors (Lipinski definition) is 2. The molecule has 20 heavy (non-hydrogen) atoms. The van der Waals surface area contributed by atoms with Crippen LogP contribution in [0.5, 0.6) is 0 Å². The third kappa shape index (κ3) is 6.36. The Balaban J connectivity index is 0.00000361. The van der Waals surface area contributed by atoms with Crippen molar-refractivity contribution in [2.75, 3.05) is 20.7 Å². The molecule has 0 bridgehead atoms. The molecule has 5 nitrogen and oxygen atoms in total. The Bertz CT molecular complexity index is 426. The van der Waals surface area contributed by atoms with Crippen LogP contribution in [0.2, 0.25) is 0 Å². The normalized spacial score (nSPS) is 12.0. The first-order valence-electron chi connectivity index (χ1n) is 6.30. The number of thiazole rings is 1. The highest BCUT2D eigenvalue weighted by atomic mass is 127. The van der Waals surface area contributed by atoms with Gasteiger partial charge in [-0.25, -0.2) is 4.98 Å². The summed E-state index contributed by atoms with van der Waals surface area (Å²) in [5, 5.41) is 7.57. The molecule has 7 heteroatoms. The Morgan fingerprint density at radius 2 is 2.00 bits per heavy atom. The lowest BCUT2D eigenvalue weighted by molar-refractivity contribution is 0.0268. The number of aryl methyl sites for hydroxylation is 2. The van der Waals surface area contributed by atoms with Crippen molar-refractivity contribution in [1.82, 2.24) is 15.6 Å². The van der Waals surface area contributed by atoms with Crippen LogP contribution in [0.1, 0.15) is 29.4 Å². The van der Waals surface area contributed by atoms with Gasteiger partial charge >= 0.3 is 0 Å². The molecule has 116 valence electrons. The summed E-state index contributed by atoms with van der Waals surface area (Å²) in [5.74, 6) is 0.760. The van der Waals surface area contributed by atoms with Crippen molar-refractivity contribution < 1.29 is 4.74 Å². The van der Waals surface area contributed by atoms with Crippen molar-refractivity contribution in [3.05, 3.63) is 15.6 Å². The Morgan fingerprint density at radius 3 is 2.45 bits per heavy atom. The minimum absolute atomic E-state index is 0. The summed E-state index contributed by atoms with van der Waals surface area (Å²) in [4.78, 5) is 9.94. The van der Waals surface area contributed by atoms with Gasteiger partial charge in [-0.1, -0.05) is 0 Å². The van der Waals surface area contributed by atoms with E-state index < -0.39 is 0 Å². The number of rotatable bonds is 5. The molecule has 2 N–H and O–H groups in total. The second-order valence-corrected chi connectivity index (χ2v) is 6.28. The van der Waals surface area contributed by atoms with Crippen molar-refractivity contribution in [1.29, 1.82) is 0 Å². The molecular formula is C13H25IN4OS. The molecule has 1 aromatic heterocycles. The average Bonchev–Trinajstić information content (AvgIpc) is 2.69. The molecule has 0 unspecified atom stereocenters. The molecule has 0 radical (unpaired) electrons. The van der Waals surface area contributed by atoms with Crippen LogP contribution in [0.15, 0.2) is 4.99 Å². The third-order valence-electron chi connectivity index (χ3n) is 2.94. The second-order valence-electron chi connectivity index (χ2n) is 4.99. The van der Waals surface area contributed by atoms with Gasteiger partial charge in [0.25, 0.3) is 0 Å². The molecule has 0 aliphatic rings. The standard InChI is InChI=1S/C13H24N4OS.HI/c1-9-10(2)19-11(17-9)7-15-12(14-5)16-8-13(3,4)18-6;/h7-8H2,1-6H3,(H2,14,15,16);1H. The smallest absolute Gasteiger partial charge is 0.191 e. The van der Waals surface area contributed by atoms with Crippen molar-refractivity contribution in [3.8, 4) is 0 Å².